The van der Waals surface area contributed by atoms with E-state index in [4.69, 9.17) is 0 Å². The van der Waals surface area contributed by atoms with Crippen molar-refractivity contribution in [2.24, 2.45) is 5.92 Å². The highest BCUT2D eigenvalue weighted by atomic mass is 16.5. The molecule has 0 aliphatic carbocycles. The molecule has 33 heavy (non-hydrogen) atoms. The van der Waals surface area contributed by atoms with E-state index in [1.54, 1.807) is 13.8 Å². The minimum absolute atomic E-state index is 0.0411. The third-order valence-electron chi connectivity index (χ3n) is 7.43. The van der Waals surface area contributed by atoms with Crippen LogP contribution < -0.4 is 9.96 Å². The van der Waals surface area contributed by atoms with Crippen molar-refractivity contribution in [2.75, 3.05) is 37.7 Å². The van der Waals surface area contributed by atoms with Crippen LogP contribution in [0.15, 0.2) is 48.5 Å². The van der Waals surface area contributed by atoms with E-state index in [0.717, 1.165) is 55.8 Å². The fraction of sp³-hybridized carbons (Fsp3) is 0.500. The molecule has 2 aliphatic heterocycles. The molecule has 3 N–H and O–H groups in total. The fourth-order valence-electron chi connectivity index (χ4n) is 5.21. The molecule has 0 amide bonds. The molecule has 7 heteroatoms. The molecule has 0 aromatic heterocycles. The number of hydroxylamine groups is 1. The highest BCUT2D eigenvalue weighted by molar-refractivity contribution is 5.80. The number of fused-ring (bicyclic) bond motifs is 1. The van der Waals surface area contributed by atoms with Crippen LogP contribution >= 0.6 is 0 Å². The smallest absolute Gasteiger partial charge is 0.313 e. The van der Waals surface area contributed by atoms with Gasteiger partial charge in [0.1, 0.15) is 5.69 Å². The summed E-state index contributed by atoms with van der Waals surface area (Å²) in [4.78, 5) is 16.0. The molecule has 1 saturated heterocycles. The van der Waals surface area contributed by atoms with E-state index in [9.17, 15) is 20.2 Å². The number of aliphatic hydroxyl groups excluding tert-OH is 1. The Hall–Kier alpha value is -2.45. The number of quaternary nitrogens is 1. The third kappa shape index (κ3) is 4.77. The molecule has 7 nitrogen and oxygen atoms in total. The summed E-state index contributed by atoms with van der Waals surface area (Å²) in [5, 5.41) is 32.3. The number of hydrogen-bond acceptors (Lipinski definition) is 5. The Balaban J connectivity index is 1.32. The van der Waals surface area contributed by atoms with Crippen LogP contribution in [0.2, 0.25) is 0 Å². The maximum atomic E-state index is 13.1. The molecular weight excluding hydrogens is 418 g/mol. The number of aliphatic hydroxyl groups is 1. The third-order valence-corrected chi connectivity index (χ3v) is 7.43. The van der Waals surface area contributed by atoms with Gasteiger partial charge in [0, 0.05) is 25.1 Å². The molecule has 2 atom stereocenters. The van der Waals surface area contributed by atoms with E-state index >= 15 is 0 Å². The lowest BCUT2D eigenvalue weighted by Crippen LogP contribution is -3.07. The van der Waals surface area contributed by atoms with Crippen molar-refractivity contribution in [1.29, 1.82) is 0 Å². The summed E-state index contributed by atoms with van der Waals surface area (Å²) in [5.74, 6) is -0.523. The number of piperidine rings is 1. The normalized spacial score (nSPS) is 21.9. The van der Waals surface area contributed by atoms with Gasteiger partial charge in [0.15, 0.2) is 11.9 Å². The maximum absolute atomic E-state index is 13.1. The molecule has 0 spiro atoms. The van der Waals surface area contributed by atoms with Gasteiger partial charge in [0.25, 0.3) is 0 Å². The van der Waals surface area contributed by atoms with Crippen molar-refractivity contribution >= 4 is 17.3 Å². The Labute approximate surface area is 195 Å². The number of para-hydroxylation sites is 2. The van der Waals surface area contributed by atoms with Crippen molar-refractivity contribution in [3.05, 3.63) is 64.9 Å². The highest BCUT2D eigenvalue weighted by Crippen LogP contribution is 2.34. The lowest BCUT2D eigenvalue weighted by molar-refractivity contribution is -0.804. The quantitative estimate of drug-likeness (QED) is 0.531. The first kappa shape index (κ1) is 23.7. The molecule has 0 saturated carbocycles. The predicted octanol–water partition coefficient (Wildman–Crippen LogP) is 2.16. The lowest BCUT2D eigenvalue weighted by atomic mass is 9.84. The fourth-order valence-corrected chi connectivity index (χ4v) is 5.21. The monoisotopic (exact) mass is 453 g/mol. The van der Waals surface area contributed by atoms with Gasteiger partial charge in [-0.1, -0.05) is 36.4 Å². The number of benzene rings is 2. The van der Waals surface area contributed by atoms with Gasteiger partial charge in [-0.2, -0.15) is 0 Å². The number of likely N-dealkylation sites (tertiary alicyclic amines) is 1. The van der Waals surface area contributed by atoms with Crippen molar-refractivity contribution in [2.45, 2.75) is 44.7 Å². The summed E-state index contributed by atoms with van der Waals surface area (Å²) >= 11 is 0. The van der Waals surface area contributed by atoms with Crippen LogP contribution in [0.5, 0.6) is 0 Å². The van der Waals surface area contributed by atoms with E-state index in [1.807, 2.05) is 48.5 Å². The van der Waals surface area contributed by atoms with Crippen molar-refractivity contribution in [3.8, 4) is 0 Å². The van der Waals surface area contributed by atoms with Crippen LogP contribution in [0.4, 0.5) is 11.4 Å². The average Bonchev–Trinajstić information content (AvgIpc) is 3.10. The van der Waals surface area contributed by atoms with Crippen LogP contribution in [0.25, 0.3) is 0 Å². The second-order valence-corrected chi connectivity index (χ2v) is 9.80. The number of aliphatic carboxylic acids is 1. The van der Waals surface area contributed by atoms with E-state index in [2.05, 4.69) is 9.80 Å². The van der Waals surface area contributed by atoms with Crippen LogP contribution in [-0.4, -0.2) is 60.0 Å². The number of carboxylic acids is 1. The van der Waals surface area contributed by atoms with E-state index < -0.39 is 11.4 Å². The van der Waals surface area contributed by atoms with E-state index in [0.29, 0.717) is 12.5 Å². The summed E-state index contributed by atoms with van der Waals surface area (Å²) in [6, 6.07) is 15.7. The number of carbonyl (C=O) groups is 1. The second-order valence-electron chi connectivity index (χ2n) is 9.80. The number of nitrogens with one attached hydrogen (secondary N) is 1. The Bertz CT molecular complexity index is 954. The summed E-state index contributed by atoms with van der Waals surface area (Å²) < 4.78 is 0. The van der Waals surface area contributed by atoms with Crippen LogP contribution in [0.1, 0.15) is 37.8 Å². The molecule has 2 aliphatic rings. The first-order valence-electron chi connectivity index (χ1n) is 11.9. The standard InChI is InChI=1S/C26H35N3O4/c1-26(2,25(31)32)21-9-7-19(8-10-21)11-14-27-15-12-20(13-16-27)24-28(17-18-30)22-5-3-4-6-23(22)29(24)33/h3-10,20,24,29-30H,11-18H2,1-2H3,(H,31,32). The average molecular weight is 454 g/mol. The first-order chi connectivity index (χ1) is 15.8. The number of rotatable bonds is 8. The molecule has 2 aromatic rings. The van der Waals surface area contributed by atoms with Gasteiger partial charge in [-0.25, -0.2) is 0 Å². The molecular formula is C26H35N3O4. The number of nitrogens with zero attached hydrogens (tertiary/aromatic N) is 2. The van der Waals surface area contributed by atoms with Crippen LogP contribution in [0.3, 0.4) is 0 Å². The van der Waals surface area contributed by atoms with Gasteiger partial charge in [-0.05, 0) is 63.4 Å². The highest BCUT2D eigenvalue weighted by Gasteiger charge is 2.42. The van der Waals surface area contributed by atoms with Crippen LogP contribution in [0, 0.1) is 11.1 Å². The summed E-state index contributed by atoms with van der Waals surface area (Å²) in [5.41, 5.74) is 2.88. The molecule has 2 unspecified atom stereocenters. The molecule has 4 rings (SSSR count). The summed E-state index contributed by atoms with van der Waals surface area (Å²) in [7, 11) is 0. The van der Waals surface area contributed by atoms with Gasteiger partial charge < -0.3 is 30.3 Å². The number of carboxylic acid groups (broad SMARTS) is 1. The Morgan fingerprint density at radius 2 is 1.76 bits per heavy atom. The minimum Gasteiger partial charge on any atom is -0.627 e. The van der Waals surface area contributed by atoms with Gasteiger partial charge in [0.05, 0.1) is 12.0 Å². The van der Waals surface area contributed by atoms with Crippen LogP contribution in [-0.2, 0) is 16.6 Å². The zero-order valence-corrected chi connectivity index (χ0v) is 19.5. The molecule has 0 radical (unpaired) electrons. The van der Waals surface area contributed by atoms with Gasteiger partial charge in [0.2, 0.25) is 0 Å². The SMILES string of the molecule is CC(C)(C(=O)O)c1ccc(CCN2CCC(C3N(CCO)c4ccccc4[NH+]3[O-])CC2)cc1. The van der Waals surface area contributed by atoms with Crippen molar-refractivity contribution in [1.82, 2.24) is 4.90 Å². The molecule has 2 aromatic carbocycles. The number of hydrogen-bond donors (Lipinski definition) is 3. The van der Waals surface area contributed by atoms with E-state index in [1.165, 1.54) is 5.56 Å². The van der Waals surface area contributed by atoms with E-state index in [-0.39, 0.29) is 17.8 Å². The second kappa shape index (κ2) is 9.81. The minimum atomic E-state index is -0.887. The first-order valence-corrected chi connectivity index (χ1v) is 11.9. The zero-order chi connectivity index (χ0) is 23.6. The molecule has 0 bridgehead atoms. The molecule has 2 heterocycles. The zero-order valence-electron chi connectivity index (χ0n) is 19.5. The Kier molecular flexibility index (Phi) is 7.05. The summed E-state index contributed by atoms with van der Waals surface area (Å²) in [6.45, 7) is 6.85. The maximum Gasteiger partial charge on any atom is 0.313 e. The van der Waals surface area contributed by atoms with Crippen molar-refractivity contribution < 1.29 is 20.1 Å². The van der Waals surface area contributed by atoms with Gasteiger partial charge in [-0.15, -0.1) is 0 Å². The Morgan fingerprint density at radius 3 is 2.39 bits per heavy atom. The summed E-state index contributed by atoms with van der Waals surface area (Å²) in [6.07, 6.45) is 2.70. The topological polar surface area (TPSA) is 91.5 Å². The Morgan fingerprint density at radius 1 is 1.09 bits per heavy atom. The van der Waals surface area contributed by atoms with Gasteiger partial charge >= 0.3 is 5.97 Å². The van der Waals surface area contributed by atoms with Gasteiger partial charge in [-0.3, -0.25) is 4.79 Å². The number of β-amino-alcohol motifs (C(OH)–C–C–N with tert-alkyl or cyclic N) is 1. The molecule has 1 fully saturated rings. The number of anilines is 1. The lowest BCUT2D eigenvalue weighted by Gasteiger charge is -2.40. The molecule has 178 valence electrons. The predicted molar refractivity (Wildman–Crippen MR) is 129 cm³/mol. The van der Waals surface area contributed by atoms with Crippen molar-refractivity contribution in [3.63, 3.8) is 0 Å². The largest absolute Gasteiger partial charge is 0.627 e.